The second kappa shape index (κ2) is 4.58. The Balaban J connectivity index is 2.39. The van der Waals surface area contributed by atoms with Crippen LogP contribution in [0.3, 0.4) is 0 Å². The lowest BCUT2D eigenvalue weighted by Crippen LogP contribution is -2.02. The van der Waals surface area contributed by atoms with E-state index < -0.39 is 16.4 Å². The Bertz CT molecular complexity index is 593. The molecule has 0 saturated heterocycles. The Kier molecular flexibility index (Phi) is 3.12. The van der Waals surface area contributed by atoms with Crippen LogP contribution in [-0.4, -0.2) is 4.92 Å². The number of furan rings is 1. The molecule has 2 N–H and O–H groups in total. The molecule has 5 nitrogen and oxygen atoms in total. The van der Waals surface area contributed by atoms with E-state index in [0.29, 0.717) is 17.1 Å². The number of nitro groups is 1. The standard InChI is InChI=1S/C12H11FN2O3/c1-7(14)11-4-5-12(18-11)8-2-3-10(15(16)17)9(13)6-8/h2-7H,14H2,1H3. The quantitative estimate of drug-likeness (QED) is 0.670. The molecular weight excluding hydrogens is 239 g/mol. The van der Waals surface area contributed by atoms with Crippen molar-refractivity contribution >= 4 is 5.69 Å². The summed E-state index contributed by atoms with van der Waals surface area (Å²) in [5.41, 5.74) is 5.52. The third-order valence-corrected chi connectivity index (χ3v) is 2.50. The predicted octanol–water partition coefficient (Wildman–Crippen LogP) is 3.01. The Morgan fingerprint density at radius 3 is 2.61 bits per heavy atom. The largest absolute Gasteiger partial charge is 0.459 e. The van der Waals surface area contributed by atoms with E-state index >= 15 is 0 Å². The molecule has 1 aromatic carbocycles. The SMILES string of the molecule is CC(N)c1ccc(-c2ccc([N+](=O)[O-])c(F)c2)o1. The van der Waals surface area contributed by atoms with Crippen molar-refractivity contribution in [2.24, 2.45) is 5.73 Å². The average Bonchev–Trinajstić information content (AvgIpc) is 2.77. The first-order valence-electron chi connectivity index (χ1n) is 5.28. The van der Waals surface area contributed by atoms with Crippen LogP contribution in [0.15, 0.2) is 34.7 Å². The summed E-state index contributed by atoms with van der Waals surface area (Å²) in [5.74, 6) is 0.108. The molecule has 1 atom stereocenters. The minimum Gasteiger partial charge on any atom is -0.459 e. The molecule has 0 bridgehead atoms. The molecule has 0 fully saturated rings. The van der Waals surface area contributed by atoms with Crippen LogP contribution in [0.25, 0.3) is 11.3 Å². The Morgan fingerprint density at radius 1 is 1.39 bits per heavy atom. The lowest BCUT2D eigenvalue weighted by molar-refractivity contribution is -0.387. The van der Waals surface area contributed by atoms with Gasteiger partial charge < -0.3 is 10.2 Å². The fraction of sp³-hybridized carbons (Fsp3) is 0.167. The highest BCUT2D eigenvalue weighted by molar-refractivity contribution is 5.60. The predicted molar refractivity (Wildman–Crippen MR) is 63.4 cm³/mol. The number of halogens is 1. The maximum atomic E-state index is 13.4. The summed E-state index contributed by atoms with van der Waals surface area (Å²) in [6.07, 6.45) is 0. The smallest absolute Gasteiger partial charge is 0.304 e. The van der Waals surface area contributed by atoms with Crippen molar-refractivity contribution < 1.29 is 13.7 Å². The van der Waals surface area contributed by atoms with Crippen LogP contribution in [0.2, 0.25) is 0 Å². The van der Waals surface area contributed by atoms with E-state index in [2.05, 4.69) is 0 Å². The second-order valence-electron chi connectivity index (χ2n) is 3.91. The first-order chi connectivity index (χ1) is 8.49. The lowest BCUT2D eigenvalue weighted by Gasteiger charge is -2.01. The van der Waals surface area contributed by atoms with Crippen molar-refractivity contribution in [3.63, 3.8) is 0 Å². The fourth-order valence-electron chi connectivity index (χ4n) is 1.56. The van der Waals surface area contributed by atoms with E-state index in [1.54, 1.807) is 19.1 Å². The highest BCUT2D eigenvalue weighted by Crippen LogP contribution is 2.28. The van der Waals surface area contributed by atoms with Crippen molar-refractivity contribution in [2.45, 2.75) is 13.0 Å². The number of nitrogens with zero attached hydrogens (tertiary/aromatic N) is 1. The summed E-state index contributed by atoms with van der Waals surface area (Å²) in [6, 6.07) is 6.70. The Labute approximate surface area is 102 Å². The van der Waals surface area contributed by atoms with Crippen molar-refractivity contribution in [3.8, 4) is 11.3 Å². The number of hydrogen-bond donors (Lipinski definition) is 1. The number of rotatable bonds is 3. The van der Waals surface area contributed by atoms with Crippen LogP contribution < -0.4 is 5.73 Å². The summed E-state index contributed by atoms with van der Waals surface area (Å²) in [4.78, 5) is 9.72. The topological polar surface area (TPSA) is 82.3 Å². The minimum atomic E-state index is -0.892. The van der Waals surface area contributed by atoms with Gasteiger partial charge in [-0.2, -0.15) is 4.39 Å². The molecule has 0 amide bonds. The molecular formula is C12H11FN2O3. The van der Waals surface area contributed by atoms with E-state index in [0.717, 1.165) is 12.1 Å². The van der Waals surface area contributed by atoms with E-state index in [-0.39, 0.29) is 6.04 Å². The second-order valence-corrected chi connectivity index (χ2v) is 3.91. The zero-order valence-electron chi connectivity index (χ0n) is 9.59. The van der Waals surface area contributed by atoms with Gasteiger partial charge in [-0.05, 0) is 31.2 Å². The molecule has 1 unspecified atom stereocenters. The van der Waals surface area contributed by atoms with Crippen LogP contribution in [0.1, 0.15) is 18.7 Å². The first kappa shape index (κ1) is 12.3. The van der Waals surface area contributed by atoms with Gasteiger partial charge in [0.15, 0.2) is 0 Å². The zero-order valence-corrected chi connectivity index (χ0v) is 9.59. The lowest BCUT2D eigenvalue weighted by atomic mass is 10.1. The maximum absolute atomic E-state index is 13.4. The third-order valence-electron chi connectivity index (χ3n) is 2.50. The van der Waals surface area contributed by atoms with Gasteiger partial charge in [-0.15, -0.1) is 0 Å². The van der Waals surface area contributed by atoms with Gasteiger partial charge in [0.05, 0.1) is 11.0 Å². The summed E-state index contributed by atoms with van der Waals surface area (Å²) in [6.45, 7) is 1.76. The van der Waals surface area contributed by atoms with Crippen molar-refractivity contribution in [1.82, 2.24) is 0 Å². The minimum absolute atomic E-state index is 0.262. The molecule has 94 valence electrons. The molecule has 1 aromatic heterocycles. The number of nitro benzene ring substituents is 1. The summed E-state index contributed by atoms with van der Waals surface area (Å²) < 4.78 is 18.9. The summed E-state index contributed by atoms with van der Waals surface area (Å²) in [5, 5.41) is 10.5. The van der Waals surface area contributed by atoms with E-state index in [1.807, 2.05) is 0 Å². The molecule has 1 heterocycles. The fourth-order valence-corrected chi connectivity index (χ4v) is 1.56. The van der Waals surface area contributed by atoms with Crippen molar-refractivity contribution in [1.29, 1.82) is 0 Å². The van der Waals surface area contributed by atoms with Crippen LogP contribution in [0.4, 0.5) is 10.1 Å². The molecule has 2 aromatic rings. The number of benzene rings is 1. The normalized spacial score (nSPS) is 12.4. The molecule has 0 aliphatic rings. The molecule has 18 heavy (non-hydrogen) atoms. The van der Waals surface area contributed by atoms with E-state index in [4.69, 9.17) is 10.2 Å². The number of hydrogen-bond acceptors (Lipinski definition) is 4. The first-order valence-corrected chi connectivity index (χ1v) is 5.28. The number of nitrogens with two attached hydrogens (primary N) is 1. The van der Waals surface area contributed by atoms with Gasteiger partial charge >= 0.3 is 5.69 Å². The summed E-state index contributed by atoms with van der Waals surface area (Å²) >= 11 is 0. The van der Waals surface area contributed by atoms with E-state index in [1.165, 1.54) is 6.07 Å². The molecule has 0 aliphatic carbocycles. The van der Waals surface area contributed by atoms with Gasteiger partial charge in [0.1, 0.15) is 11.5 Å². The van der Waals surface area contributed by atoms with Crippen LogP contribution in [0, 0.1) is 15.9 Å². The van der Waals surface area contributed by atoms with E-state index in [9.17, 15) is 14.5 Å². The van der Waals surface area contributed by atoms with Gasteiger partial charge in [0.2, 0.25) is 5.82 Å². The maximum Gasteiger partial charge on any atom is 0.304 e. The molecule has 0 aliphatic heterocycles. The van der Waals surface area contributed by atoms with Gasteiger partial charge in [-0.1, -0.05) is 0 Å². The highest BCUT2D eigenvalue weighted by Gasteiger charge is 2.16. The third kappa shape index (κ3) is 2.23. The monoisotopic (exact) mass is 250 g/mol. The van der Waals surface area contributed by atoms with Crippen LogP contribution >= 0.6 is 0 Å². The van der Waals surface area contributed by atoms with Crippen LogP contribution in [0.5, 0.6) is 0 Å². The van der Waals surface area contributed by atoms with Gasteiger partial charge in [0, 0.05) is 11.6 Å². The molecule has 6 heteroatoms. The van der Waals surface area contributed by atoms with Gasteiger partial charge in [-0.3, -0.25) is 10.1 Å². The molecule has 0 saturated carbocycles. The molecule has 0 spiro atoms. The zero-order chi connectivity index (χ0) is 13.3. The van der Waals surface area contributed by atoms with Crippen LogP contribution in [-0.2, 0) is 0 Å². The van der Waals surface area contributed by atoms with Crippen molar-refractivity contribution in [2.75, 3.05) is 0 Å². The Hall–Kier alpha value is -2.21. The van der Waals surface area contributed by atoms with Gasteiger partial charge in [-0.25, -0.2) is 0 Å². The van der Waals surface area contributed by atoms with Gasteiger partial charge in [0.25, 0.3) is 0 Å². The molecule has 0 radical (unpaired) electrons. The summed E-state index contributed by atoms with van der Waals surface area (Å²) in [7, 11) is 0. The average molecular weight is 250 g/mol. The molecule has 2 rings (SSSR count). The highest BCUT2D eigenvalue weighted by atomic mass is 19.1. The Morgan fingerprint density at radius 2 is 2.11 bits per heavy atom. The van der Waals surface area contributed by atoms with Crippen molar-refractivity contribution in [3.05, 3.63) is 52.0 Å².